The van der Waals surface area contributed by atoms with Gasteiger partial charge in [-0.15, -0.1) is 0 Å². The van der Waals surface area contributed by atoms with Crippen LogP contribution in [-0.4, -0.2) is 11.0 Å². The second-order valence-electron chi connectivity index (χ2n) is 1.85. The third-order valence-corrected chi connectivity index (χ3v) is 2.19. The van der Waals surface area contributed by atoms with Crippen LogP contribution in [0.15, 0.2) is 16.7 Å². The van der Waals surface area contributed by atoms with Gasteiger partial charge in [-0.1, -0.05) is 11.6 Å². The Hall–Kier alpha value is 0.120. The average Bonchev–Trinajstić information content (AvgIpc) is 2.03. The molecule has 0 atom stereocenters. The first-order chi connectivity index (χ1) is 5.65. The van der Waals surface area contributed by atoms with Gasteiger partial charge in [0.25, 0.3) is 0 Å². The van der Waals surface area contributed by atoms with Gasteiger partial charge in [0.05, 0.1) is 5.02 Å². The number of rotatable bonds is 1. The molecular formula is C6H2BrClINO2. The van der Waals surface area contributed by atoms with E-state index in [1.54, 1.807) is 6.07 Å². The number of halogens is 3. The molecule has 0 aliphatic carbocycles. The van der Waals surface area contributed by atoms with Gasteiger partial charge in [0, 0.05) is 10.7 Å². The first kappa shape index (κ1) is 10.2. The fourth-order valence-electron chi connectivity index (χ4n) is 0.601. The summed E-state index contributed by atoms with van der Waals surface area (Å²) >= 11 is 10.4. The lowest BCUT2D eigenvalue weighted by atomic mass is 10.3. The van der Waals surface area contributed by atoms with Crippen LogP contribution in [0.25, 0.3) is 0 Å². The Morgan fingerprint density at radius 2 is 2.42 bits per heavy atom. The van der Waals surface area contributed by atoms with Gasteiger partial charge in [0.2, 0.25) is 0 Å². The largest absolute Gasteiger partial charge is 0.390 e. The topological polar surface area (TPSA) is 39.2 Å². The number of aromatic nitrogens is 1. The second-order valence-corrected chi connectivity index (χ2v) is 3.61. The van der Waals surface area contributed by atoms with Gasteiger partial charge in [-0.3, -0.25) is 0 Å². The molecule has 1 heterocycles. The average molecular weight is 362 g/mol. The van der Waals surface area contributed by atoms with Crippen LogP contribution in [0.4, 0.5) is 0 Å². The Bertz CT molecular complexity index is 320. The summed E-state index contributed by atoms with van der Waals surface area (Å²) in [5.41, 5.74) is 0.120. The van der Waals surface area contributed by atoms with Gasteiger partial charge in [0.1, 0.15) is 0 Å². The van der Waals surface area contributed by atoms with Gasteiger partial charge in [0.15, 0.2) is 28.7 Å². The molecule has 0 amide bonds. The molecule has 3 nitrogen and oxygen atoms in total. The van der Waals surface area contributed by atoms with E-state index in [4.69, 9.17) is 11.6 Å². The van der Waals surface area contributed by atoms with Crippen molar-refractivity contribution < 1.29 is 7.86 Å². The van der Waals surface area contributed by atoms with Crippen LogP contribution in [0.1, 0.15) is 10.5 Å². The van der Waals surface area contributed by atoms with Crippen LogP contribution in [0.3, 0.4) is 0 Å². The molecule has 12 heavy (non-hydrogen) atoms. The Morgan fingerprint density at radius 1 is 1.75 bits per heavy atom. The molecule has 0 fully saturated rings. The zero-order valence-corrected chi connectivity index (χ0v) is 10.1. The maximum atomic E-state index is 11.0. The van der Waals surface area contributed by atoms with Crippen molar-refractivity contribution in [1.82, 2.24) is 4.98 Å². The highest BCUT2D eigenvalue weighted by Gasteiger charge is 2.12. The van der Waals surface area contributed by atoms with Gasteiger partial charge >= 0.3 is 5.97 Å². The van der Waals surface area contributed by atoms with Crippen molar-refractivity contribution in [3.8, 4) is 0 Å². The quantitative estimate of drug-likeness (QED) is 0.721. The molecule has 0 saturated heterocycles. The van der Waals surface area contributed by atoms with E-state index in [1.165, 1.54) is 29.2 Å². The molecule has 64 valence electrons. The van der Waals surface area contributed by atoms with Crippen LogP contribution >= 0.6 is 50.5 Å². The van der Waals surface area contributed by atoms with E-state index in [0.29, 0.717) is 0 Å². The predicted octanol–water partition coefficient (Wildman–Crippen LogP) is 3.00. The van der Waals surface area contributed by atoms with E-state index in [2.05, 4.69) is 24.0 Å². The first-order valence-corrected chi connectivity index (χ1v) is 4.84. The van der Waals surface area contributed by atoms with E-state index in [1.807, 2.05) is 0 Å². The first-order valence-electron chi connectivity index (χ1n) is 2.79. The maximum Gasteiger partial charge on any atom is 0.367 e. The van der Waals surface area contributed by atoms with Crippen LogP contribution in [-0.2, 0) is 3.07 Å². The smallest absolute Gasteiger partial charge is 0.367 e. The molecule has 0 saturated carbocycles. The van der Waals surface area contributed by atoms with E-state index in [-0.39, 0.29) is 10.7 Å². The molecular weight excluding hydrogens is 360 g/mol. The summed E-state index contributed by atoms with van der Waals surface area (Å²) in [7, 11) is 0. The summed E-state index contributed by atoms with van der Waals surface area (Å²) in [6.45, 7) is 0. The van der Waals surface area contributed by atoms with Crippen molar-refractivity contribution in [2.75, 3.05) is 0 Å². The molecule has 0 N–H and O–H groups in total. The summed E-state index contributed by atoms with van der Waals surface area (Å²) in [6, 6.07) is 1.58. The summed E-state index contributed by atoms with van der Waals surface area (Å²) in [4.78, 5) is 14.7. The minimum absolute atomic E-state index is 0.120. The fraction of sp³-hybridized carbons (Fsp3) is 0. The highest BCUT2D eigenvalue weighted by atomic mass is 127. The summed E-state index contributed by atoms with van der Waals surface area (Å²) in [5.74, 6) is -0.548. The Balaban J connectivity index is 3.09. The monoisotopic (exact) mass is 361 g/mol. The number of nitrogens with zero attached hydrogens (tertiary/aromatic N) is 1. The normalized spacial score (nSPS) is 9.58. The lowest BCUT2D eigenvalue weighted by Crippen LogP contribution is -2.01. The van der Waals surface area contributed by atoms with Gasteiger partial charge < -0.3 is 3.07 Å². The molecule has 0 unspecified atom stereocenters. The zero-order chi connectivity index (χ0) is 9.14. The number of hydrogen-bond acceptors (Lipinski definition) is 3. The van der Waals surface area contributed by atoms with Crippen molar-refractivity contribution in [3.63, 3.8) is 0 Å². The molecule has 1 rings (SSSR count). The van der Waals surface area contributed by atoms with Crippen molar-refractivity contribution in [2.45, 2.75) is 0 Å². The van der Waals surface area contributed by atoms with Crippen molar-refractivity contribution >= 4 is 56.5 Å². The molecule has 1 aromatic heterocycles. The van der Waals surface area contributed by atoms with Crippen LogP contribution < -0.4 is 0 Å². The van der Waals surface area contributed by atoms with Crippen LogP contribution in [0, 0.1) is 0 Å². The molecule has 0 spiro atoms. The minimum Gasteiger partial charge on any atom is -0.390 e. The lowest BCUT2D eigenvalue weighted by Gasteiger charge is -1.98. The summed E-state index contributed by atoms with van der Waals surface area (Å²) in [6.07, 6.45) is 1.48. The van der Waals surface area contributed by atoms with Crippen LogP contribution in [0.2, 0.25) is 5.02 Å². The molecule has 0 radical (unpaired) electrons. The highest BCUT2D eigenvalue weighted by Crippen LogP contribution is 2.19. The fourth-order valence-corrected chi connectivity index (χ4v) is 1.52. The maximum absolute atomic E-state index is 11.0. The third kappa shape index (κ3) is 2.30. The van der Waals surface area contributed by atoms with Gasteiger partial charge in [-0.25, -0.2) is 9.78 Å². The lowest BCUT2D eigenvalue weighted by molar-refractivity contribution is 0.0794. The molecule has 0 aromatic carbocycles. The number of carbonyl (C=O) groups excluding carboxylic acids is 1. The predicted molar refractivity (Wildman–Crippen MR) is 56.4 cm³/mol. The molecule has 1 aromatic rings. The van der Waals surface area contributed by atoms with E-state index >= 15 is 0 Å². The Morgan fingerprint density at radius 3 is 2.92 bits per heavy atom. The zero-order valence-electron chi connectivity index (χ0n) is 5.55. The van der Waals surface area contributed by atoms with Gasteiger partial charge in [-0.05, 0) is 22.0 Å². The second kappa shape index (κ2) is 4.38. The molecule has 6 heteroatoms. The third-order valence-electron chi connectivity index (χ3n) is 1.07. The highest BCUT2D eigenvalue weighted by molar-refractivity contribution is 14.1. The number of hydrogen-bond donors (Lipinski definition) is 0. The standard InChI is InChI=1S/C6H2BrClINO2/c7-3-1-4(8)5(10-2-3)6(11)12-9/h1-2H. The Labute approximate surface area is 96.3 Å². The number of pyridine rings is 1. The van der Waals surface area contributed by atoms with Crippen molar-refractivity contribution in [3.05, 3.63) is 27.5 Å². The van der Waals surface area contributed by atoms with Crippen molar-refractivity contribution in [2.24, 2.45) is 0 Å². The van der Waals surface area contributed by atoms with E-state index in [9.17, 15) is 4.79 Å². The van der Waals surface area contributed by atoms with Crippen LogP contribution in [0.5, 0.6) is 0 Å². The summed E-state index contributed by atoms with van der Waals surface area (Å²) < 4.78 is 5.15. The molecule has 0 bridgehead atoms. The summed E-state index contributed by atoms with van der Waals surface area (Å²) in [5, 5.41) is 0.269. The minimum atomic E-state index is -0.548. The van der Waals surface area contributed by atoms with E-state index < -0.39 is 5.97 Å². The molecule has 0 aliphatic rings. The van der Waals surface area contributed by atoms with Gasteiger partial charge in [-0.2, -0.15) is 0 Å². The Kier molecular flexibility index (Phi) is 3.73. The van der Waals surface area contributed by atoms with E-state index in [0.717, 1.165) is 4.47 Å². The number of carbonyl (C=O) groups is 1. The molecule has 0 aliphatic heterocycles. The SMILES string of the molecule is O=C(OI)c1ncc(Br)cc1Cl. The van der Waals surface area contributed by atoms with Crippen molar-refractivity contribution in [1.29, 1.82) is 0 Å².